The number of hydrogen-bond acceptors (Lipinski definition) is 2. The van der Waals surface area contributed by atoms with Crippen LogP contribution in [0.3, 0.4) is 0 Å². The highest BCUT2D eigenvalue weighted by Gasteiger charge is 2.16. The van der Waals surface area contributed by atoms with Crippen molar-refractivity contribution in [1.82, 2.24) is 5.32 Å². The fraction of sp³-hybridized carbons (Fsp3) is 0.444. The first-order valence-corrected chi connectivity index (χ1v) is 12.0. The minimum absolute atomic E-state index is 0.409. The molecule has 0 aliphatic heterocycles. The molecule has 0 radical (unpaired) electrons. The highest BCUT2D eigenvalue weighted by Crippen LogP contribution is 2.26. The lowest BCUT2D eigenvalue weighted by Crippen LogP contribution is -2.37. The third kappa shape index (κ3) is 4.28. The van der Waals surface area contributed by atoms with Crippen molar-refractivity contribution < 1.29 is 0 Å². The number of benzene rings is 1. The molecule has 0 fully saturated rings. The third-order valence-electron chi connectivity index (χ3n) is 3.98. The van der Waals surface area contributed by atoms with Crippen molar-refractivity contribution in [1.29, 1.82) is 0 Å². The molecule has 2 rings (SSSR count). The molecule has 2 aromatic rings. The first-order valence-electron chi connectivity index (χ1n) is 7.67. The van der Waals surface area contributed by atoms with Crippen molar-refractivity contribution in [2.45, 2.75) is 53.0 Å². The van der Waals surface area contributed by atoms with E-state index >= 15 is 0 Å². The fourth-order valence-electron chi connectivity index (χ4n) is 2.58. The summed E-state index contributed by atoms with van der Waals surface area (Å²) in [5.74, 6) is 0. The van der Waals surface area contributed by atoms with Crippen molar-refractivity contribution in [2.75, 3.05) is 0 Å². The third-order valence-corrected chi connectivity index (χ3v) is 7.03. The fourth-order valence-corrected chi connectivity index (χ4v) is 4.77. The van der Waals surface area contributed by atoms with Crippen LogP contribution in [0.2, 0.25) is 19.6 Å². The van der Waals surface area contributed by atoms with Gasteiger partial charge in [0.05, 0.1) is 8.07 Å². The molecule has 1 heterocycles. The van der Waals surface area contributed by atoms with E-state index in [0.29, 0.717) is 6.04 Å². The van der Waals surface area contributed by atoms with E-state index in [0.717, 1.165) is 6.54 Å². The standard InChI is InChI=1S/C18H27NSSi/c1-13-11-18(15(3)20-13)14(2)19-12-16-7-9-17(10-8-16)21(4,5)6/h7-11,14,19H,12H2,1-6H3. The number of thiophene rings is 1. The molecule has 21 heavy (non-hydrogen) atoms. The predicted octanol–water partition coefficient (Wildman–Crippen LogP) is 4.76. The van der Waals surface area contributed by atoms with Gasteiger partial charge in [-0.1, -0.05) is 49.1 Å². The van der Waals surface area contributed by atoms with Gasteiger partial charge in [-0.3, -0.25) is 0 Å². The van der Waals surface area contributed by atoms with Crippen LogP contribution < -0.4 is 10.5 Å². The topological polar surface area (TPSA) is 12.0 Å². The zero-order valence-corrected chi connectivity index (χ0v) is 15.9. The van der Waals surface area contributed by atoms with Gasteiger partial charge >= 0.3 is 0 Å². The van der Waals surface area contributed by atoms with Gasteiger partial charge in [0.25, 0.3) is 0 Å². The molecule has 1 aromatic carbocycles. The average Bonchev–Trinajstić information content (AvgIpc) is 2.74. The van der Waals surface area contributed by atoms with E-state index in [9.17, 15) is 0 Å². The summed E-state index contributed by atoms with van der Waals surface area (Å²) in [7, 11) is -1.18. The van der Waals surface area contributed by atoms with Gasteiger partial charge < -0.3 is 5.32 Å². The maximum absolute atomic E-state index is 3.65. The molecule has 0 saturated heterocycles. The second-order valence-corrected chi connectivity index (χ2v) is 13.5. The maximum Gasteiger partial charge on any atom is 0.0775 e. The highest BCUT2D eigenvalue weighted by atomic mass is 32.1. The van der Waals surface area contributed by atoms with Crippen LogP contribution >= 0.6 is 11.3 Å². The van der Waals surface area contributed by atoms with E-state index in [1.807, 2.05) is 11.3 Å². The average molecular weight is 318 g/mol. The number of rotatable bonds is 5. The van der Waals surface area contributed by atoms with Gasteiger partial charge in [0.15, 0.2) is 0 Å². The lowest BCUT2D eigenvalue weighted by atomic mass is 10.1. The molecule has 1 unspecified atom stereocenters. The van der Waals surface area contributed by atoms with Crippen LogP contribution in [0.4, 0.5) is 0 Å². The molecule has 0 saturated carbocycles. The van der Waals surface area contributed by atoms with Crippen molar-refractivity contribution in [3.05, 3.63) is 51.2 Å². The van der Waals surface area contributed by atoms with Crippen molar-refractivity contribution >= 4 is 24.6 Å². The second-order valence-electron chi connectivity index (χ2n) is 6.92. The van der Waals surface area contributed by atoms with Gasteiger partial charge in [0, 0.05) is 22.3 Å². The van der Waals surface area contributed by atoms with Crippen LogP contribution in [-0.4, -0.2) is 8.07 Å². The van der Waals surface area contributed by atoms with E-state index in [1.54, 1.807) is 0 Å². The lowest BCUT2D eigenvalue weighted by molar-refractivity contribution is 0.574. The minimum atomic E-state index is -1.18. The molecule has 1 N–H and O–H groups in total. The van der Waals surface area contributed by atoms with Crippen molar-refractivity contribution in [3.63, 3.8) is 0 Å². The summed E-state index contributed by atoms with van der Waals surface area (Å²) >= 11 is 1.89. The van der Waals surface area contributed by atoms with Crippen LogP contribution in [0.5, 0.6) is 0 Å². The summed E-state index contributed by atoms with van der Waals surface area (Å²) in [6.07, 6.45) is 0. The van der Waals surface area contributed by atoms with Crippen molar-refractivity contribution in [3.8, 4) is 0 Å². The molecule has 0 aliphatic rings. The largest absolute Gasteiger partial charge is 0.306 e. The van der Waals surface area contributed by atoms with Gasteiger partial charge in [-0.05, 0) is 38.0 Å². The minimum Gasteiger partial charge on any atom is -0.306 e. The monoisotopic (exact) mass is 317 g/mol. The summed E-state index contributed by atoms with van der Waals surface area (Å²) in [6, 6.07) is 11.9. The molecule has 114 valence electrons. The molecular formula is C18H27NSSi. The Balaban J connectivity index is 1.98. The molecule has 1 aromatic heterocycles. The van der Waals surface area contributed by atoms with E-state index in [4.69, 9.17) is 0 Å². The van der Waals surface area contributed by atoms with E-state index in [2.05, 4.69) is 76.1 Å². The SMILES string of the molecule is Cc1cc(C(C)NCc2ccc([Si](C)(C)C)cc2)c(C)s1. The molecular weight excluding hydrogens is 290 g/mol. The summed E-state index contributed by atoms with van der Waals surface area (Å²) in [4.78, 5) is 2.83. The Morgan fingerprint density at radius 3 is 2.19 bits per heavy atom. The summed E-state index contributed by atoms with van der Waals surface area (Å²) in [6.45, 7) is 14.8. The van der Waals surface area contributed by atoms with Gasteiger partial charge in [-0.2, -0.15) is 0 Å². The zero-order valence-electron chi connectivity index (χ0n) is 14.1. The van der Waals surface area contributed by atoms with Gasteiger partial charge in [0.2, 0.25) is 0 Å². The quantitative estimate of drug-likeness (QED) is 0.784. The van der Waals surface area contributed by atoms with Crippen molar-refractivity contribution in [2.24, 2.45) is 0 Å². The zero-order chi connectivity index (χ0) is 15.6. The molecule has 0 amide bonds. The summed E-state index contributed by atoms with van der Waals surface area (Å²) in [5, 5.41) is 5.18. The highest BCUT2D eigenvalue weighted by molar-refractivity contribution is 7.12. The van der Waals surface area contributed by atoms with Gasteiger partial charge in [-0.15, -0.1) is 11.3 Å². The molecule has 3 heteroatoms. The van der Waals surface area contributed by atoms with E-state index in [1.165, 1.54) is 26.1 Å². The Hall–Kier alpha value is -0.903. The molecule has 1 nitrogen and oxygen atoms in total. The Morgan fingerprint density at radius 2 is 1.71 bits per heavy atom. The summed E-state index contributed by atoms with van der Waals surface area (Å²) < 4.78 is 0. The van der Waals surface area contributed by atoms with E-state index in [-0.39, 0.29) is 0 Å². The Kier molecular flexibility index (Phi) is 5.07. The first kappa shape index (κ1) is 16.5. The summed E-state index contributed by atoms with van der Waals surface area (Å²) in [5.41, 5.74) is 2.81. The van der Waals surface area contributed by atoms with E-state index < -0.39 is 8.07 Å². The van der Waals surface area contributed by atoms with Crippen LogP contribution in [0.25, 0.3) is 0 Å². The number of hydrogen-bond donors (Lipinski definition) is 1. The molecule has 0 spiro atoms. The Labute approximate surface area is 134 Å². The lowest BCUT2D eigenvalue weighted by Gasteiger charge is -2.18. The van der Waals surface area contributed by atoms with Gasteiger partial charge in [0.1, 0.15) is 0 Å². The van der Waals surface area contributed by atoms with Crippen LogP contribution in [0, 0.1) is 13.8 Å². The Morgan fingerprint density at radius 1 is 1.10 bits per heavy atom. The van der Waals surface area contributed by atoms with Crippen LogP contribution in [-0.2, 0) is 6.54 Å². The smallest absolute Gasteiger partial charge is 0.0775 e. The van der Waals surface area contributed by atoms with Crippen LogP contribution in [0.15, 0.2) is 30.3 Å². The second kappa shape index (κ2) is 6.47. The molecule has 0 aliphatic carbocycles. The Bertz CT molecular complexity index is 593. The van der Waals surface area contributed by atoms with Crippen LogP contribution in [0.1, 0.15) is 33.8 Å². The number of nitrogens with one attached hydrogen (secondary N) is 1. The molecule has 1 atom stereocenters. The first-order chi connectivity index (χ1) is 9.77. The maximum atomic E-state index is 3.65. The predicted molar refractivity (Wildman–Crippen MR) is 98.5 cm³/mol. The molecule has 0 bridgehead atoms. The normalized spacial score (nSPS) is 13.4. The van der Waals surface area contributed by atoms with Gasteiger partial charge in [-0.25, -0.2) is 0 Å². The number of aryl methyl sites for hydroxylation is 2.